The van der Waals surface area contributed by atoms with Gasteiger partial charge < -0.3 is 28.5 Å². The summed E-state index contributed by atoms with van der Waals surface area (Å²) in [7, 11) is 4.19. The fourth-order valence-corrected chi connectivity index (χ4v) is 1.88. The summed E-state index contributed by atoms with van der Waals surface area (Å²) in [6.07, 6.45) is 0.687. The maximum Gasteiger partial charge on any atom is 5.00 e. The van der Waals surface area contributed by atoms with Crippen molar-refractivity contribution < 1.29 is 81.9 Å². The fraction of sp³-hybridized carbons (Fsp3) is 0.167. The Labute approximate surface area is 230 Å². The van der Waals surface area contributed by atoms with Gasteiger partial charge in [0.1, 0.15) is 0 Å². The van der Waals surface area contributed by atoms with E-state index in [0.717, 1.165) is 28.4 Å². The summed E-state index contributed by atoms with van der Waals surface area (Å²) in [4.78, 5) is 54.0. The van der Waals surface area contributed by atoms with Crippen LogP contribution >= 0.6 is 0 Å². The second-order valence-electron chi connectivity index (χ2n) is 5.33. The zero-order chi connectivity index (χ0) is 25.6. The van der Waals surface area contributed by atoms with Gasteiger partial charge in [0.25, 0.3) is 11.9 Å². The molecule has 0 bridgehead atoms. The maximum atomic E-state index is 11.8. The molecule has 0 unspecified atom stereocenters. The van der Waals surface area contributed by atoms with E-state index in [1.54, 1.807) is 0 Å². The molecule has 0 fully saturated rings. The van der Waals surface area contributed by atoms with Crippen molar-refractivity contribution in [2.24, 2.45) is 0 Å². The minimum absolute atomic E-state index is 0. The minimum atomic E-state index is -1.06. The molecule has 0 aromatic heterocycles. The number of methoxy groups -OCH3 is 4. The molecule has 1 radical (unpaired) electrons. The third kappa shape index (κ3) is 17.0. The Bertz CT molecular complexity index is 810. The summed E-state index contributed by atoms with van der Waals surface area (Å²) in [6, 6.07) is 20.0. The third-order valence-corrected chi connectivity index (χ3v) is 3.37. The zero-order valence-corrected chi connectivity index (χ0v) is 23.0. The van der Waals surface area contributed by atoms with Crippen LogP contribution in [0.3, 0.4) is 0 Å². The molecule has 0 aliphatic heterocycles. The van der Waals surface area contributed by atoms with Gasteiger partial charge in [0.15, 0.2) is 0 Å². The van der Waals surface area contributed by atoms with Gasteiger partial charge in [-0.05, 0) is 5.57 Å². The van der Waals surface area contributed by atoms with Crippen LogP contribution in [-0.2, 0) is 81.9 Å². The van der Waals surface area contributed by atoms with E-state index < -0.39 is 40.6 Å². The van der Waals surface area contributed by atoms with Crippen LogP contribution in [0.5, 0.6) is 0 Å². The molecule has 0 atom stereocenters. The average molecular weight is 661 g/mol. The number of carbonyl (C=O) groups is 4. The van der Waals surface area contributed by atoms with Crippen LogP contribution in [0.15, 0.2) is 84.0 Å². The van der Waals surface area contributed by atoms with Crippen molar-refractivity contribution in [2.45, 2.75) is 0 Å². The second-order valence-corrected chi connectivity index (χ2v) is 5.33. The standard InChI is InChI=1S/C13H15O8.2C5H5.CHO.2Ru/c1-7(11(15)19-3)10(13(17)21-5)8(12(16)20-4)6-9(14)18-2;2*1-2-4-5-3-1;1-2;;/h6H,1H2,2-5H3;2*1-5H;1H;;/q4*-1;;+5. The summed E-state index contributed by atoms with van der Waals surface area (Å²) in [5, 5.41) is 0. The molecule has 0 aliphatic rings. The van der Waals surface area contributed by atoms with Crippen LogP contribution in [0.1, 0.15) is 0 Å². The summed E-state index contributed by atoms with van der Waals surface area (Å²) in [6.45, 7) is 6.60. The van der Waals surface area contributed by atoms with Crippen LogP contribution in [0.25, 0.3) is 0 Å². The third-order valence-electron chi connectivity index (χ3n) is 3.37. The van der Waals surface area contributed by atoms with E-state index in [1.807, 2.05) is 60.7 Å². The van der Waals surface area contributed by atoms with Gasteiger partial charge in [0.2, 0.25) is 5.97 Å². The van der Waals surface area contributed by atoms with Crippen LogP contribution in [0.4, 0.5) is 0 Å². The second kappa shape index (κ2) is 25.5. The molecule has 35 heavy (non-hydrogen) atoms. The Balaban J connectivity index is -0.000000278. The van der Waals surface area contributed by atoms with E-state index in [1.165, 1.54) is 0 Å². The summed E-state index contributed by atoms with van der Waals surface area (Å²) >= 11 is 0. The Morgan fingerprint density at radius 3 is 1.34 bits per heavy atom. The van der Waals surface area contributed by atoms with Crippen molar-refractivity contribution >= 4 is 30.7 Å². The van der Waals surface area contributed by atoms with E-state index in [4.69, 9.17) is 4.79 Å². The fourth-order valence-electron chi connectivity index (χ4n) is 1.88. The predicted molar refractivity (Wildman–Crippen MR) is 119 cm³/mol. The smallest absolute Gasteiger partial charge is 0.545 e. The molecule has 9 nitrogen and oxygen atoms in total. The molecule has 0 saturated heterocycles. The van der Waals surface area contributed by atoms with Gasteiger partial charge in [0.05, 0.1) is 28.4 Å². The molecule has 0 amide bonds. The average Bonchev–Trinajstić information content (AvgIpc) is 3.62. The first-order chi connectivity index (χ1) is 15.8. The molecule has 2 aromatic rings. The molecule has 191 valence electrons. The number of carbonyl (C=O) groups excluding carboxylic acids is 5. The number of hydrogen-bond acceptors (Lipinski definition) is 9. The number of rotatable bonds is 6. The quantitative estimate of drug-likeness (QED) is 0.0874. The van der Waals surface area contributed by atoms with Gasteiger partial charge in [-0.15, -0.1) is 0 Å². The molecule has 0 heterocycles. The van der Waals surface area contributed by atoms with Gasteiger partial charge in [-0.25, -0.2) is 29.1 Å². The van der Waals surface area contributed by atoms with Crippen molar-refractivity contribution in [1.29, 1.82) is 0 Å². The van der Waals surface area contributed by atoms with Crippen molar-refractivity contribution in [1.82, 2.24) is 0 Å². The molecule has 0 N–H and O–H groups in total. The van der Waals surface area contributed by atoms with Crippen molar-refractivity contribution in [3.05, 3.63) is 90.4 Å². The van der Waals surface area contributed by atoms with E-state index in [-0.39, 0.29) is 39.0 Å². The molecule has 11 heteroatoms. The van der Waals surface area contributed by atoms with E-state index in [2.05, 4.69) is 32.3 Å². The van der Waals surface area contributed by atoms with Crippen molar-refractivity contribution in [3.63, 3.8) is 0 Å². The molecule has 0 saturated carbocycles. The van der Waals surface area contributed by atoms with Crippen molar-refractivity contribution in [3.8, 4) is 0 Å². The normalized spacial score (nSPS) is 8.80. The van der Waals surface area contributed by atoms with E-state index in [9.17, 15) is 19.2 Å². The van der Waals surface area contributed by atoms with Crippen LogP contribution in [0.2, 0.25) is 0 Å². The van der Waals surface area contributed by atoms with E-state index >= 15 is 0 Å². The molecule has 2 rings (SSSR count). The first-order valence-corrected chi connectivity index (χ1v) is 9.02. The van der Waals surface area contributed by atoms with E-state index in [0.29, 0.717) is 6.42 Å². The SMILES string of the molecule is C=C(C(=O)OC)C(C(=O)OC)=C([CH-]C(=O)OC)C(=O)OC.[CH-]=O.[Ru+5].[Ru].c1cc[cH-]c1.c1cc[cH-]c1. The van der Waals surface area contributed by atoms with Gasteiger partial charge in [-0.2, -0.15) is 36.4 Å². The summed E-state index contributed by atoms with van der Waals surface area (Å²) < 4.78 is 17.7. The van der Waals surface area contributed by atoms with Gasteiger partial charge in [-0.3, -0.25) is 16.4 Å². The van der Waals surface area contributed by atoms with Crippen LogP contribution in [-0.4, -0.2) is 59.1 Å². The molecular formula is C24H26O9Ru2+. The Morgan fingerprint density at radius 2 is 1.09 bits per heavy atom. The summed E-state index contributed by atoms with van der Waals surface area (Å²) in [5.41, 5.74) is -1.56. The number of esters is 4. The molecule has 0 spiro atoms. The minimum Gasteiger partial charge on any atom is -0.545 e. The Morgan fingerprint density at radius 1 is 0.714 bits per heavy atom. The largest absolute Gasteiger partial charge is 5.00 e. The molecule has 2 aromatic carbocycles. The number of ether oxygens (including phenoxy) is 4. The topological polar surface area (TPSA) is 122 Å². The number of hydrogen-bond donors (Lipinski definition) is 0. The van der Waals surface area contributed by atoms with Gasteiger partial charge in [0, 0.05) is 25.1 Å². The Hall–Kier alpha value is -3.15. The Kier molecular flexibility index (Phi) is 28.4. The molecular weight excluding hydrogens is 634 g/mol. The van der Waals surface area contributed by atoms with Gasteiger partial charge in [-0.1, -0.05) is 18.6 Å². The van der Waals surface area contributed by atoms with Crippen LogP contribution < -0.4 is 0 Å². The molecule has 0 aliphatic carbocycles. The maximum absolute atomic E-state index is 11.8. The predicted octanol–water partition coefficient (Wildman–Crippen LogP) is 2.27. The zero-order valence-electron chi connectivity index (χ0n) is 19.5. The monoisotopic (exact) mass is 662 g/mol. The van der Waals surface area contributed by atoms with Crippen LogP contribution in [0, 0.1) is 6.42 Å². The first-order valence-electron chi connectivity index (χ1n) is 9.02. The van der Waals surface area contributed by atoms with Gasteiger partial charge >= 0.3 is 25.4 Å². The van der Waals surface area contributed by atoms with Crippen molar-refractivity contribution in [2.75, 3.05) is 28.4 Å². The first kappa shape index (κ1) is 39.1. The summed E-state index contributed by atoms with van der Waals surface area (Å²) in [5.74, 6) is -4.03.